The van der Waals surface area contributed by atoms with Gasteiger partial charge in [0.05, 0.1) is 0 Å². The highest BCUT2D eigenvalue weighted by Gasteiger charge is 2.27. The van der Waals surface area contributed by atoms with Crippen LogP contribution >= 0.6 is 0 Å². The van der Waals surface area contributed by atoms with Crippen molar-refractivity contribution in [2.75, 3.05) is 27.2 Å². The van der Waals surface area contributed by atoms with Gasteiger partial charge in [0.15, 0.2) is 0 Å². The van der Waals surface area contributed by atoms with E-state index in [4.69, 9.17) is 14.2 Å². The first-order chi connectivity index (χ1) is 12.1. The zero-order valence-electron chi connectivity index (χ0n) is 16.2. The van der Waals surface area contributed by atoms with Crippen LogP contribution in [0.15, 0.2) is 24.3 Å². The van der Waals surface area contributed by atoms with Gasteiger partial charge in [-0.3, -0.25) is 4.74 Å². The Balaban J connectivity index is 2.05. The van der Waals surface area contributed by atoms with Crippen LogP contribution in [0, 0.1) is 0 Å². The maximum absolute atomic E-state index is 6.22. The molecule has 0 N–H and O–H groups in total. The van der Waals surface area contributed by atoms with Crippen molar-refractivity contribution in [1.29, 1.82) is 0 Å². The highest BCUT2D eigenvalue weighted by atomic mass is 16.8. The third-order valence-electron chi connectivity index (χ3n) is 4.48. The molecule has 2 heterocycles. The Kier molecular flexibility index (Phi) is 8.52. The molecule has 0 saturated heterocycles. The average Bonchev–Trinajstić information content (AvgIpc) is 2.76. The first kappa shape index (κ1) is 20.0. The van der Waals surface area contributed by atoms with E-state index in [1.165, 1.54) is 25.7 Å². The number of unbranched alkanes of at least 4 members (excludes halogenated alkanes) is 4. The van der Waals surface area contributed by atoms with Crippen molar-refractivity contribution in [3.8, 4) is 11.5 Å². The van der Waals surface area contributed by atoms with Crippen LogP contribution in [0.1, 0.15) is 52.4 Å². The van der Waals surface area contributed by atoms with E-state index in [-0.39, 0.29) is 0 Å². The SMILES string of the molecule is CCCCCN(C)C1Oc2ccc(cc2)OC(N(C)CCCCC)O1. The topological polar surface area (TPSA) is 34.2 Å². The van der Waals surface area contributed by atoms with E-state index in [1.807, 2.05) is 38.4 Å². The molecule has 0 spiro atoms. The Labute approximate surface area is 152 Å². The van der Waals surface area contributed by atoms with Crippen LogP contribution in [0.2, 0.25) is 0 Å². The molecule has 0 aromatic heterocycles. The minimum atomic E-state index is -0.461. The number of benzene rings is 1. The van der Waals surface area contributed by atoms with Crippen LogP contribution < -0.4 is 9.47 Å². The fraction of sp³-hybridized carbons (Fsp3) is 0.700. The van der Waals surface area contributed by atoms with Gasteiger partial charge in [-0.05, 0) is 51.2 Å². The predicted octanol–water partition coefficient (Wildman–Crippen LogP) is 4.29. The second-order valence-electron chi connectivity index (χ2n) is 6.83. The van der Waals surface area contributed by atoms with E-state index < -0.39 is 12.8 Å². The van der Waals surface area contributed by atoms with Crippen molar-refractivity contribution in [2.45, 2.75) is 65.2 Å². The van der Waals surface area contributed by atoms with Gasteiger partial charge in [0.25, 0.3) is 12.8 Å². The predicted molar refractivity (Wildman–Crippen MR) is 101 cm³/mol. The second kappa shape index (κ2) is 10.6. The maximum Gasteiger partial charge on any atom is 0.265 e. The van der Waals surface area contributed by atoms with E-state index in [0.29, 0.717) is 0 Å². The molecule has 25 heavy (non-hydrogen) atoms. The summed E-state index contributed by atoms with van der Waals surface area (Å²) in [6, 6.07) is 7.74. The zero-order chi connectivity index (χ0) is 18.1. The minimum Gasteiger partial charge on any atom is -0.451 e. The Morgan fingerprint density at radius 1 is 0.720 bits per heavy atom. The van der Waals surface area contributed by atoms with E-state index in [1.54, 1.807) is 0 Å². The van der Waals surface area contributed by atoms with Crippen LogP contribution in [-0.4, -0.2) is 49.8 Å². The second-order valence-corrected chi connectivity index (χ2v) is 6.83. The number of rotatable bonds is 10. The molecular formula is C20H34N2O3. The molecule has 2 aliphatic heterocycles. The number of hydrogen-bond acceptors (Lipinski definition) is 5. The molecule has 5 nitrogen and oxygen atoms in total. The molecule has 0 radical (unpaired) electrons. The van der Waals surface area contributed by atoms with Gasteiger partial charge in [0.2, 0.25) is 0 Å². The minimum absolute atomic E-state index is 0.461. The molecule has 0 aliphatic carbocycles. The fourth-order valence-electron chi connectivity index (χ4n) is 2.81. The van der Waals surface area contributed by atoms with Crippen molar-refractivity contribution in [3.05, 3.63) is 24.3 Å². The lowest BCUT2D eigenvalue weighted by molar-refractivity contribution is -0.278. The normalized spacial score (nSPS) is 20.1. The Hall–Kier alpha value is -1.30. The zero-order valence-corrected chi connectivity index (χ0v) is 16.2. The van der Waals surface area contributed by atoms with Crippen molar-refractivity contribution >= 4 is 0 Å². The summed E-state index contributed by atoms with van der Waals surface area (Å²) >= 11 is 0. The van der Waals surface area contributed by atoms with E-state index in [2.05, 4.69) is 23.6 Å². The first-order valence-corrected chi connectivity index (χ1v) is 9.63. The summed E-state index contributed by atoms with van der Waals surface area (Å²) in [4.78, 5) is 4.23. The molecule has 142 valence electrons. The molecule has 1 aromatic rings. The lowest BCUT2D eigenvalue weighted by atomic mass is 10.2. The maximum atomic E-state index is 6.22. The molecule has 3 rings (SSSR count). The van der Waals surface area contributed by atoms with E-state index in [0.717, 1.165) is 37.4 Å². The van der Waals surface area contributed by atoms with Gasteiger partial charge in [-0.1, -0.05) is 39.5 Å². The summed E-state index contributed by atoms with van der Waals surface area (Å²) in [6.07, 6.45) is 6.17. The standard InChI is InChI=1S/C20H34N2O3/c1-5-7-9-15-21(3)19-23-17-11-13-18(14-12-17)24-20(25-19)22(4)16-10-8-6-2/h11-14,19-20H,5-10,15-16H2,1-4H3. The van der Waals surface area contributed by atoms with Crippen LogP contribution in [0.5, 0.6) is 11.5 Å². The van der Waals surface area contributed by atoms with E-state index in [9.17, 15) is 0 Å². The van der Waals surface area contributed by atoms with Gasteiger partial charge < -0.3 is 9.47 Å². The quantitative estimate of drug-likeness (QED) is 0.588. The van der Waals surface area contributed by atoms with Crippen LogP contribution in [-0.2, 0) is 4.74 Å². The fourth-order valence-corrected chi connectivity index (χ4v) is 2.81. The average molecular weight is 351 g/mol. The highest BCUT2D eigenvalue weighted by Crippen LogP contribution is 2.25. The molecule has 2 unspecified atom stereocenters. The largest absolute Gasteiger partial charge is 0.451 e. The smallest absolute Gasteiger partial charge is 0.265 e. The van der Waals surface area contributed by atoms with Gasteiger partial charge in [-0.2, -0.15) is 0 Å². The summed E-state index contributed by atoms with van der Waals surface area (Å²) in [6.45, 7) is 6.29. The Morgan fingerprint density at radius 3 is 1.48 bits per heavy atom. The molecule has 1 aromatic carbocycles. The van der Waals surface area contributed by atoms with E-state index >= 15 is 0 Å². The molecule has 2 aliphatic rings. The van der Waals surface area contributed by atoms with Gasteiger partial charge in [0.1, 0.15) is 11.5 Å². The van der Waals surface area contributed by atoms with Gasteiger partial charge in [-0.25, -0.2) is 9.80 Å². The van der Waals surface area contributed by atoms with Gasteiger partial charge in [0, 0.05) is 13.1 Å². The molecule has 0 fully saturated rings. The summed E-state index contributed by atoms with van der Waals surface area (Å²) in [5.41, 5.74) is 0. The third-order valence-corrected chi connectivity index (χ3v) is 4.48. The summed E-state index contributed by atoms with van der Waals surface area (Å²) < 4.78 is 18.4. The number of ether oxygens (including phenoxy) is 3. The summed E-state index contributed by atoms with van der Waals surface area (Å²) in [7, 11) is 4.08. The summed E-state index contributed by atoms with van der Waals surface area (Å²) in [5, 5.41) is 0. The first-order valence-electron chi connectivity index (χ1n) is 9.63. The van der Waals surface area contributed by atoms with Crippen molar-refractivity contribution in [1.82, 2.24) is 9.80 Å². The third kappa shape index (κ3) is 6.49. The molecule has 2 bridgehead atoms. The summed E-state index contributed by atoms with van der Waals surface area (Å²) in [5.74, 6) is 1.60. The van der Waals surface area contributed by atoms with Crippen molar-refractivity contribution in [3.63, 3.8) is 0 Å². The number of hydrogen-bond donors (Lipinski definition) is 0. The van der Waals surface area contributed by atoms with Gasteiger partial charge >= 0.3 is 0 Å². The van der Waals surface area contributed by atoms with Crippen molar-refractivity contribution in [2.24, 2.45) is 0 Å². The molecule has 0 amide bonds. The van der Waals surface area contributed by atoms with Crippen molar-refractivity contribution < 1.29 is 14.2 Å². The van der Waals surface area contributed by atoms with Gasteiger partial charge in [-0.15, -0.1) is 0 Å². The Morgan fingerprint density at radius 2 is 1.12 bits per heavy atom. The molecule has 5 heteroatoms. The van der Waals surface area contributed by atoms with Crippen LogP contribution in [0.4, 0.5) is 0 Å². The Bertz CT molecular complexity index is 437. The molecule has 2 atom stereocenters. The lowest BCUT2D eigenvalue weighted by Gasteiger charge is -2.34. The molecular weight excluding hydrogens is 316 g/mol. The highest BCUT2D eigenvalue weighted by molar-refractivity contribution is 5.31. The van der Waals surface area contributed by atoms with Crippen LogP contribution in [0.25, 0.3) is 0 Å². The number of fused-ring (bicyclic) bond motifs is 6. The number of nitrogens with zero attached hydrogens (tertiary/aromatic N) is 2. The van der Waals surface area contributed by atoms with Crippen LogP contribution in [0.3, 0.4) is 0 Å². The monoisotopic (exact) mass is 350 g/mol. The molecule has 0 saturated carbocycles. The lowest BCUT2D eigenvalue weighted by Crippen LogP contribution is -2.48.